The Kier molecular flexibility index (Phi) is 4.71. The maximum Gasteiger partial charge on any atom is 0.254 e. The summed E-state index contributed by atoms with van der Waals surface area (Å²) in [4.78, 5) is 17.5. The fourth-order valence-electron chi connectivity index (χ4n) is 4.12. The van der Waals surface area contributed by atoms with Crippen molar-refractivity contribution in [3.05, 3.63) is 83.9 Å². The second-order valence-electron chi connectivity index (χ2n) is 7.68. The van der Waals surface area contributed by atoms with Crippen LogP contribution in [0, 0.1) is 6.92 Å². The number of nitrogens with zero attached hydrogens (tertiary/aromatic N) is 3. The zero-order valence-corrected chi connectivity index (χ0v) is 16.9. The number of carbonyl (C=O) groups excluding carboxylic acids is 1. The Hall–Kier alpha value is -3.60. The SMILES string of the molecule is Cc1ccccc1N1CCN(C(=O)c2ccc3noc(-c4ccccc4)c3c2)CC1. The van der Waals surface area contributed by atoms with Gasteiger partial charge in [0.2, 0.25) is 0 Å². The van der Waals surface area contributed by atoms with Gasteiger partial charge >= 0.3 is 0 Å². The van der Waals surface area contributed by atoms with E-state index in [2.05, 4.69) is 41.2 Å². The number of piperazine rings is 1. The molecule has 0 N–H and O–H groups in total. The second kappa shape index (κ2) is 7.67. The van der Waals surface area contributed by atoms with Gasteiger partial charge in [0, 0.05) is 43.0 Å². The van der Waals surface area contributed by atoms with Gasteiger partial charge in [-0.3, -0.25) is 4.79 Å². The highest BCUT2D eigenvalue weighted by atomic mass is 16.5. The van der Waals surface area contributed by atoms with Crippen molar-refractivity contribution in [1.29, 1.82) is 0 Å². The van der Waals surface area contributed by atoms with Crippen LogP contribution >= 0.6 is 0 Å². The normalized spacial score (nSPS) is 14.3. The number of amides is 1. The molecule has 4 aromatic rings. The lowest BCUT2D eigenvalue weighted by atomic mass is 10.1. The maximum atomic E-state index is 13.2. The lowest BCUT2D eigenvalue weighted by molar-refractivity contribution is 0.0747. The number of aryl methyl sites for hydroxylation is 1. The summed E-state index contributed by atoms with van der Waals surface area (Å²) in [6.45, 7) is 5.22. The molecule has 1 saturated heterocycles. The number of hydrogen-bond acceptors (Lipinski definition) is 4. The molecule has 3 aromatic carbocycles. The van der Waals surface area contributed by atoms with Gasteiger partial charge in [0.25, 0.3) is 5.91 Å². The summed E-state index contributed by atoms with van der Waals surface area (Å²) in [7, 11) is 0. The monoisotopic (exact) mass is 397 g/mol. The maximum absolute atomic E-state index is 13.2. The molecule has 1 aliphatic rings. The molecule has 0 unspecified atom stereocenters. The van der Waals surface area contributed by atoms with Crippen LogP contribution in [0.5, 0.6) is 0 Å². The Morgan fingerprint density at radius 1 is 0.900 bits per heavy atom. The van der Waals surface area contributed by atoms with Crippen molar-refractivity contribution in [3.63, 3.8) is 0 Å². The van der Waals surface area contributed by atoms with Crippen LogP contribution in [-0.4, -0.2) is 42.1 Å². The van der Waals surface area contributed by atoms with E-state index in [0.29, 0.717) is 24.4 Å². The van der Waals surface area contributed by atoms with Gasteiger partial charge in [-0.05, 0) is 36.8 Å². The predicted octanol–water partition coefficient (Wildman–Crippen LogP) is 4.77. The quantitative estimate of drug-likeness (QED) is 0.500. The van der Waals surface area contributed by atoms with Crippen LogP contribution in [0.15, 0.2) is 77.3 Å². The van der Waals surface area contributed by atoms with E-state index in [4.69, 9.17) is 4.52 Å². The van der Waals surface area contributed by atoms with Gasteiger partial charge in [0.15, 0.2) is 5.76 Å². The van der Waals surface area contributed by atoms with Crippen LogP contribution in [0.25, 0.3) is 22.2 Å². The molecular formula is C25H23N3O2. The van der Waals surface area contributed by atoms with Crippen LogP contribution in [0.4, 0.5) is 5.69 Å². The van der Waals surface area contributed by atoms with E-state index in [-0.39, 0.29) is 5.91 Å². The third-order valence-electron chi connectivity index (χ3n) is 5.78. The number of benzene rings is 3. The molecule has 0 radical (unpaired) electrons. The summed E-state index contributed by atoms with van der Waals surface area (Å²) in [5, 5.41) is 5.02. The Morgan fingerprint density at radius 2 is 1.63 bits per heavy atom. The summed E-state index contributed by atoms with van der Waals surface area (Å²) in [5.41, 5.74) is 4.91. The first-order valence-electron chi connectivity index (χ1n) is 10.3. The largest absolute Gasteiger partial charge is 0.368 e. The molecule has 0 atom stereocenters. The number of hydrogen-bond donors (Lipinski definition) is 0. The first-order chi connectivity index (χ1) is 14.7. The summed E-state index contributed by atoms with van der Waals surface area (Å²) >= 11 is 0. The number of para-hydroxylation sites is 1. The van der Waals surface area contributed by atoms with E-state index in [1.165, 1.54) is 11.3 Å². The third kappa shape index (κ3) is 3.32. The van der Waals surface area contributed by atoms with E-state index < -0.39 is 0 Å². The fraction of sp³-hybridized carbons (Fsp3) is 0.200. The Balaban J connectivity index is 1.36. The molecule has 30 heavy (non-hydrogen) atoms. The zero-order valence-electron chi connectivity index (χ0n) is 16.9. The van der Waals surface area contributed by atoms with Crippen molar-refractivity contribution in [2.75, 3.05) is 31.1 Å². The van der Waals surface area contributed by atoms with Crippen molar-refractivity contribution in [2.45, 2.75) is 6.92 Å². The number of carbonyl (C=O) groups is 1. The minimum absolute atomic E-state index is 0.0570. The number of aromatic nitrogens is 1. The molecule has 1 aliphatic heterocycles. The average molecular weight is 397 g/mol. The third-order valence-corrected chi connectivity index (χ3v) is 5.78. The summed E-state index contributed by atoms with van der Waals surface area (Å²) in [6, 6.07) is 23.9. The Labute approximate surface area is 175 Å². The molecule has 2 heterocycles. The molecule has 1 fully saturated rings. The van der Waals surface area contributed by atoms with Gasteiger partial charge in [-0.15, -0.1) is 0 Å². The van der Waals surface area contributed by atoms with Crippen molar-refractivity contribution in [1.82, 2.24) is 10.1 Å². The van der Waals surface area contributed by atoms with E-state index in [9.17, 15) is 4.79 Å². The van der Waals surface area contributed by atoms with Crippen molar-refractivity contribution < 1.29 is 9.32 Å². The smallest absolute Gasteiger partial charge is 0.254 e. The number of anilines is 1. The molecule has 1 amide bonds. The number of rotatable bonds is 3. The highest BCUT2D eigenvalue weighted by molar-refractivity contribution is 6.01. The predicted molar refractivity (Wildman–Crippen MR) is 119 cm³/mol. The molecule has 0 bridgehead atoms. The molecule has 0 aliphatic carbocycles. The highest BCUT2D eigenvalue weighted by Gasteiger charge is 2.24. The molecule has 150 valence electrons. The average Bonchev–Trinajstić information content (AvgIpc) is 3.23. The zero-order chi connectivity index (χ0) is 20.5. The topological polar surface area (TPSA) is 49.6 Å². The van der Waals surface area contributed by atoms with Gasteiger partial charge in [-0.2, -0.15) is 0 Å². The van der Waals surface area contributed by atoms with E-state index in [1.54, 1.807) is 0 Å². The fourth-order valence-corrected chi connectivity index (χ4v) is 4.12. The summed E-state index contributed by atoms with van der Waals surface area (Å²) in [6.07, 6.45) is 0. The van der Waals surface area contributed by atoms with Crippen LogP contribution in [0.2, 0.25) is 0 Å². The first-order valence-corrected chi connectivity index (χ1v) is 10.3. The molecular weight excluding hydrogens is 374 g/mol. The first kappa shape index (κ1) is 18.4. The van der Waals surface area contributed by atoms with Crippen molar-refractivity contribution in [2.24, 2.45) is 0 Å². The van der Waals surface area contributed by atoms with Crippen molar-refractivity contribution in [3.8, 4) is 11.3 Å². The standard InChI is InChI=1S/C25H23N3O2/c1-18-7-5-6-10-23(18)27-13-15-28(16-14-27)25(29)20-11-12-22-21(17-20)24(30-26-22)19-8-3-2-4-9-19/h2-12,17H,13-16H2,1H3. The minimum atomic E-state index is 0.0570. The van der Waals surface area contributed by atoms with Crippen LogP contribution in [-0.2, 0) is 0 Å². The van der Waals surface area contributed by atoms with Crippen molar-refractivity contribution >= 4 is 22.5 Å². The molecule has 0 spiro atoms. The molecule has 5 heteroatoms. The van der Waals surface area contributed by atoms with Crippen LogP contribution < -0.4 is 4.90 Å². The molecule has 0 saturated carbocycles. The highest BCUT2D eigenvalue weighted by Crippen LogP contribution is 2.29. The van der Waals surface area contributed by atoms with E-state index in [0.717, 1.165) is 29.6 Å². The molecule has 5 nitrogen and oxygen atoms in total. The Bertz CT molecular complexity index is 1190. The Morgan fingerprint density at radius 3 is 2.40 bits per heavy atom. The molecule has 5 rings (SSSR count). The lowest BCUT2D eigenvalue weighted by Gasteiger charge is -2.36. The van der Waals surface area contributed by atoms with Gasteiger partial charge in [-0.1, -0.05) is 53.7 Å². The van der Waals surface area contributed by atoms with Crippen LogP contribution in [0.1, 0.15) is 15.9 Å². The van der Waals surface area contributed by atoms with Gasteiger partial charge < -0.3 is 14.3 Å². The van der Waals surface area contributed by atoms with E-state index in [1.807, 2.05) is 53.4 Å². The second-order valence-corrected chi connectivity index (χ2v) is 7.68. The summed E-state index contributed by atoms with van der Waals surface area (Å²) < 4.78 is 5.57. The van der Waals surface area contributed by atoms with E-state index >= 15 is 0 Å². The van der Waals surface area contributed by atoms with Crippen LogP contribution in [0.3, 0.4) is 0 Å². The summed E-state index contributed by atoms with van der Waals surface area (Å²) in [5.74, 6) is 0.756. The van der Waals surface area contributed by atoms with Gasteiger partial charge in [-0.25, -0.2) is 0 Å². The minimum Gasteiger partial charge on any atom is -0.368 e. The number of fused-ring (bicyclic) bond motifs is 1. The lowest BCUT2D eigenvalue weighted by Crippen LogP contribution is -2.49. The van der Waals surface area contributed by atoms with Gasteiger partial charge in [0.05, 0.1) is 5.39 Å². The molecule has 1 aromatic heterocycles. The van der Waals surface area contributed by atoms with Gasteiger partial charge in [0.1, 0.15) is 5.52 Å².